The molecule has 3 N–H and O–H groups in total. The third kappa shape index (κ3) is 5.79. The van der Waals surface area contributed by atoms with Gasteiger partial charge in [-0.1, -0.05) is 24.3 Å². The zero-order valence-corrected chi connectivity index (χ0v) is 16.4. The minimum Gasteiger partial charge on any atom is -0.337 e. The normalized spacial score (nSPS) is 11.1. The van der Waals surface area contributed by atoms with Crippen LogP contribution in [0.5, 0.6) is 0 Å². The van der Waals surface area contributed by atoms with Gasteiger partial charge < -0.3 is 5.32 Å². The van der Waals surface area contributed by atoms with Gasteiger partial charge >= 0.3 is 6.03 Å². The first-order chi connectivity index (χ1) is 13.8. The number of aromatic nitrogens is 2. The molecule has 3 aromatic rings. The number of hydrogen-bond donors (Lipinski definition) is 3. The average Bonchev–Trinajstić information content (AvgIpc) is 3.13. The van der Waals surface area contributed by atoms with Gasteiger partial charge in [-0.05, 0) is 36.8 Å². The molecule has 2 amide bonds. The Balaban J connectivity index is 1.48. The number of anilines is 2. The molecule has 0 unspecified atom stereocenters. The quantitative estimate of drug-likeness (QED) is 0.550. The Labute approximate surface area is 167 Å². The number of rotatable bonds is 7. The largest absolute Gasteiger partial charge is 0.337 e. The summed E-state index contributed by atoms with van der Waals surface area (Å²) in [5.41, 5.74) is 1.38. The summed E-state index contributed by atoms with van der Waals surface area (Å²) in [6, 6.07) is 14.5. The van der Waals surface area contributed by atoms with Crippen LogP contribution in [0.15, 0.2) is 60.8 Å². The molecule has 10 heteroatoms. The van der Waals surface area contributed by atoms with Crippen LogP contribution in [0, 0.1) is 12.7 Å². The van der Waals surface area contributed by atoms with Gasteiger partial charge in [0.15, 0.2) is 5.82 Å². The number of para-hydroxylation sites is 1. The van der Waals surface area contributed by atoms with Gasteiger partial charge in [0.05, 0.1) is 17.1 Å². The van der Waals surface area contributed by atoms with E-state index in [1.807, 2.05) is 30.3 Å². The van der Waals surface area contributed by atoms with E-state index in [-0.39, 0.29) is 18.0 Å². The predicted octanol–water partition coefficient (Wildman–Crippen LogP) is 2.88. The van der Waals surface area contributed by atoms with Crippen molar-refractivity contribution in [3.63, 3.8) is 0 Å². The lowest BCUT2D eigenvalue weighted by Gasteiger charge is -2.10. The van der Waals surface area contributed by atoms with Gasteiger partial charge in [-0.25, -0.2) is 22.3 Å². The van der Waals surface area contributed by atoms with Gasteiger partial charge in [0.1, 0.15) is 5.82 Å². The van der Waals surface area contributed by atoms with Gasteiger partial charge in [-0.15, -0.1) is 5.10 Å². The van der Waals surface area contributed by atoms with Crippen LogP contribution in [0.1, 0.15) is 5.56 Å². The molecule has 0 atom stereocenters. The van der Waals surface area contributed by atoms with Crippen molar-refractivity contribution in [1.82, 2.24) is 15.1 Å². The van der Waals surface area contributed by atoms with Crippen LogP contribution in [0.2, 0.25) is 0 Å². The minimum absolute atomic E-state index is 0.129. The van der Waals surface area contributed by atoms with Gasteiger partial charge in [0, 0.05) is 18.8 Å². The number of aryl methyl sites for hydroxylation is 1. The molecule has 1 aromatic heterocycles. The number of urea groups is 1. The molecule has 1 heterocycles. The summed E-state index contributed by atoms with van der Waals surface area (Å²) in [5.74, 6) is -0.547. The molecule has 0 fully saturated rings. The van der Waals surface area contributed by atoms with Crippen molar-refractivity contribution in [2.75, 3.05) is 22.3 Å². The summed E-state index contributed by atoms with van der Waals surface area (Å²) >= 11 is 0. The lowest BCUT2D eigenvalue weighted by Crippen LogP contribution is -2.34. The second-order valence-electron chi connectivity index (χ2n) is 6.25. The summed E-state index contributed by atoms with van der Waals surface area (Å²) in [6.45, 7) is 1.45. The Morgan fingerprint density at radius 1 is 1.14 bits per heavy atom. The average molecular weight is 417 g/mol. The zero-order chi connectivity index (χ0) is 20.9. The van der Waals surface area contributed by atoms with Gasteiger partial charge in [-0.2, -0.15) is 0 Å². The minimum atomic E-state index is -3.74. The van der Waals surface area contributed by atoms with E-state index in [9.17, 15) is 17.6 Å². The van der Waals surface area contributed by atoms with Crippen LogP contribution >= 0.6 is 0 Å². The highest BCUT2D eigenvalue weighted by Gasteiger charge is 2.13. The highest BCUT2D eigenvalue weighted by Crippen LogP contribution is 2.15. The third-order valence-corrected chi connectivity index (χ3v) is 5.24. The second-order valence-corrected chi connectivity index (χ2v) is 8.09. The van der Waals surface area contributed by atoms with Crippen molar-refractivity contribution in [1.29, 1.82) is 0 Å². The number of halogens is 1. The first-order valence-corrected chi connectivity index (χ1v) is 10.4. The summed E-state index contributed by atoms with van der Waals surface area (Å²) in [6.07, 6.45) is 1.69. The van der Waals surface area contributed by atoms with E-state index in [0.29, 0.717) is 11.4 Å². The number of carbonyl (C=O) groups is 1. The van der Waals surface area contributed by atoms with Gasteiger partial charge in [-0.3, -0.25) is 10.0 Å². The summed E-state index contributed by atoms with van der Waals surface area (Å²) in [4.78, 5) is 11.9. The van der Waals surface area contributed by atoms with E-state index in [0.717, 1.165) is 11.8 Å². The lowest BCUT2D eigenvalue weighted by molar-refractivity contribution is 0.252. The fraction of sp³-hybridized carbons (Fsp3) is 0.158. The maximum atomic E-state index is 13.5. The first-order valence-electron chi connectivity index (χ1n) is 8.75. The molecule has 0 aliphatic heterocycles. The summed E-state index contributed by atoms with van der Waals surface area (Å²) in [7, 11) is -3.74. The Morgan fingerprint density at radius 2 is 1.90 bits per heavy atom. The molecule has 0 radical (unpaired) electrons. The molecule has 2 aromatic carbocycles. The van der Waals surface area contributed by atoms with Gasteiger partial charge in [0.25, 0.3) is 0 Å². The number of sulfonamides is 1. The van der Waals surface area contributed by atoms with E-state index < -0.39 is 21.9 Å². The predicted molar refractivity (Wildman–Crippen MR) is 109 cm³/mol. The van der Waals surface area contributed by atoms with Crippen molar-refractivity contribution in [2.45, 2.75) is 6.92 Å². The van der Waals surface area contributed by atoms with Crippen LogP contribution < -0.4 is 15.4 Å². The highest BCUT2D eigenvalue weighted by atomic mass is 32.2. The SMILES string of the molecule is Cc1ccc(NS(=O)(=O)CCNC(=O)Nc2ccn(-c3ccccc3)n2)cc1F. The van der Waals surface area contributed by atoms with Crippen LogP contribution in [-0.4, -0.2) is 36.5 Å². The van der Waals surface area contributed by atoms with Crippen molar-refractivity contribution >= 4 is 27.6 Å². The number of carbonyl (C=O) groups excluding carboxylic acids is 1. The van der Waals surface area contributed by atoms with Crippen LogP contribution in [0.25, 0.3) is 5.69 Å². The molecule has 0 spiro atoms. The zero-order valence-electron chi connectivity index (χ0n) is 15.6. The Morgan fingerprint density at radius 3 is 2.62 bits per heavy atom. The molecular formula is C19H20FN5O3S. The van der Waals surface area contributed by atoms with E-state index in [1.165, 1.54) is 12.1 Å². The fourth-order valence-electron chi connectivity index (χ4n) is 2.46. The molecule has 0 bridgehead atoms. The molecular weight excluding hydrogens is 397 g/mol. The molecule has 3 rings (SSSR count). The van der Waals surface area contributed by atoms with Crippen LogP contribution in [0.3, 0.4) is 0 Å². The monoisotopic (exact) mass is 417 g/mol. The maximum Gasteiger partial charge on any atom is 0.320 e. The first kappa shape index (κ1) is 20.3. The van der Waals surface area contributed by atoms with Crippen molar-refractivity contribution in [3.05, 3.63) is 72.2 Å². The van der Waals surface area contributed by atoms with Crippen molar-refractivity contribution in [2.24, 2.45) is 0 Å². The Bertz CT molecular complexity index is 1100. The number of benzene rings is 2. The molecule has 29 heavy (non-hydrogen) atoms. The molecule has 0 saturated heterocycles. The van der Waals surface area contributed by atoms with Crippen molar-refractivity contribution < 1.29 is 17.6 Å². The van der Waals surface area contributed by atoms with E-state index >= 15 is 0 Å². The van der Waals surface area contributed by atoms with Crippen LogP contribution in [-0.2, 0) is 10.0 Å². The maximum absolute atomic E-state index is 13.5. The number of nitrogens with zero attached hydrogens (tertiary/aromatic N) is 2. The molecule has 0 aliphatic rings. The molecule has 8 nitrogen and oxygen atoms in total. The fourth-order valence-corrected chi connectivity index (χ4v) is 3.42. The smallest absolute Gasteiger partial charge is 0.320 e. The number of hydrogen-bond acceptors (Lipinski definition) is 4. The topological polar surface area (TPSA) is 105 Å². The summed E-state index contributed by atoms with van der Waals surface area (Å²) in [5, 5.41) is 9.21. The van der Waals surface area contributed by atoms with Gasteiger partial charge in [0.2, 0.25) is 10.0 Å². The highest BCUT2D eigenvalue weighted by molar-refractivity contribution is 7.92. The van der Waals surface area contributed by atoms with E-state index in [4.69, 9.17) is 0 Å². The van der Waals surface area contributed by atoms with Crippen molar-refractivity contribution in [3.8, 4) is 5.69 Å². The second kappa shape index (κ2) is 8.74. The molecule has 0 saturated carbocycles. The van der Waals surface area contributed by atoms with E-state index in [1.54, 1.807) is 23.9 Å². The third-order valence-electron chi connectivity index (χ3n) is 3.95. The number of nitrogens with one attached hydrogen (secondary N) is 3. The Kier molecular flexibility index (Phi) is 6.13. The molecule has 0 aliphatic carbocycles. The Hall–Kier alpha value is -3.40. The standard InChI is InChI=1S/C19H20FN5O3S/c1-14-7-8-15(13-17(14)20)24-29(27,28)12-10-21-19(26)22-18-9-11-25(23-18)16-5-3-2-4-6-16/h2-9,11,13,24H,10,12H2,1H3,(H2,21,22,23,26). The lowest BCUT2D eigenvalue weighted by atomic mass is 10.2. The summed E-state index contributed by atoms with van der Waals surface area (Å²) < 4.78 is 41.6. The number of amides is 2. The van der Waals surface area contributed by atoms with E-state index in [2.05, 4.69) is 20.5 Å². The van der Waals surface area contributed by atoms with Crippen LogP contribution in [0.4, 0.5) is 20.7 Å². The molecule has 152 valence electrons.